The van der Waals surface area contributed by atoms with Gasteiger partial charge in [-0.15, -0.1) is 0 Å². The maximum absolute atomic E-state index is 5.73. The van der Waals surface area contributed by atoms with Gasteiger partial charge in [0.25, 0.3) is 0 Å². The summed E-state index contributed by atoms with van der Waals surface area (Å²) in [7, 11) is 0. The van der Waals surface area contributed by atoms with E-state index in [-0.39, 0.29) is 0 Å². The molecule has 1 rings (SSSR count). The summed E-state index contributed by atoms with van der Waals surface area (Å²) >= 11 is 0. The van der Waals surface area contributed by atoms with Crippen LogP contribution in [0.25, 0.3) is 0 Å². The summed E-state index contributed by atoms with van der Waals surface area (Å²) in [4.78, 5) is 0. The van der Waals surface area contributed by atoms with Crippen LogP contribution in [0.15, 0.2) is 37.0 Å². The Kier molecular flexibility index (Phi) is 12.1. The van der Waals surface area contributed by atoms with E-state index in [2.05, 4.69) is 31.7 Å². The average molecular weight is 305 g/mol. The van der Waals surface area contributed by atoms with Gasteiger partial charge in [-0.2, -0.15) is 0 Å². The fourth-order valence-electron chi connectivity index (χ4n) is 2.88. The second-order valence-corrected chi connectivity index (χ2v) is 6.44. The summed E-state index contributed by atoms with van der Waals surface area (Å²) in [5.41, 5.74) is 0. The van der Waals surface area contributed by atoms with Gasteiger partial charge >= 0.3 is 0 Å². The highest BCUT2D eigenvalue weighted by Gasteiger charge is 2.36. The molecule has 0 N–H and O–H groups in total. The fraction of sp³-hybridized carbons (Fsp3) is 0.714. The first kappa shape index (κ1) is 19.2. The lowest BCUT2D eigenvalue weighted by Gasteiger charge is -2.01. The standard InChI is InChI=1S/C21H36O/c1-3-5-7-9-11-12-13-15-17-19-21-20(22-21)18-16-14-10-8-6-4-2/h4,6,8,14,16,20-21H,2-3,5,7,9-13,15,17-19H2,1H3/t20-,21+/m1/s1. The summed E-state index contributed by atoms with van der Waals surface area (Å²) in [6, 6.07) is 0. The second-order valence-electron chi connectivity index (χ2n) is 6.44. The Morgan fingerprint density at radius 3 is 2.18 bits per heavy atom. The molecule has 0 radical (unpaired) electrons. The van der Waals surface area contributed by atoms with Gasteiger partial charge in [-0.3, -0.25) is 0 Å². The van der Waals surface area contributed by atoms with E-state index in [1.54, 1.807) is 0 Å². The number of allylic oxidation sites excluding steroid dienone is 4. The van der Waals surface area contributed by atoms with Crippen molar-refractivity contribution in [1.82, 2.24) is 0 Å². The Balaban J connectivity index is 1.82. The number of ether oxygens (including phenoxy) is 1. The Bertz CT molecular complexity index is 316. The summed E-state index contributed by atoms with van der Waals surface area (Å²) in [6.45, 7) is 5.94. The molecule has 0 unspecified atom stereocenters. The zero-order valence-corrected chi connectivity index (χ0v) is 14.6. The molecule has 0 aromatic carbocycles. The predicted octanol–water partition coefficient (Wildman–Crippen LogP) is 6.75. The van der Waals surface area contributed by atoms with Crippen LogP contribution < -0.4 is 0 Å². The minimum Gasteiger partial charge on any atom is -0.369 e. The molecule has 126 valence electrons. The molecule has 2 atom stereocenters. The molecule has 0 aromatic heterocycles. The third-order valence-electron chi connectivity index (χ3n) is 4.36. The zero-order valence-electron chi connectivity index (χ0n) is 14.6. The van der Waals surface area contributed by atoms with Gasteiger partial charge in [-0.05, 0) is 19.3 Å². The van der Waals surface area contributed by atoms with E-state index in [1.807, 2.05) is 12.2 Å². The van der Waals surface area contributed by atoms with Crippen molar-refractivity contribution in [3.8, 4) is 0 Å². The number of unbranched alkanes of at least 4 members (excludes halogenated alkanes) is 8. The van der Waals surface area contributed by atoms with Crippen LogP contribution in [-0.4, -0.2) is 12.2 Å². The molecule has 1 heteroatoms. The normalized spacial score (nSPS) is 21.0. The Hall–Kier alpha value is -0.820. The van der Waals surface area contributed by atoms with Gasteiger partial charge in [0.2, 0.25) is 0 Å². The summed E-state index contributed by atoms with van der Waals surface area (Å²) in [5.74, 6) is 0. The molecule has 0 amide bonds. The molecule has 0 aromatic rings. The van der Waals surface area contributed by atoms with Crippen LogP contribution in [0, 0.1) is 0 Å². The van der Waals surface area contributed by atoms with Gasteiger partial charge in [0.05, 0.1) is 12.2 Å². The third-order valence-corrected chi connectivity index (χ3v) is 4.36. The molecule has 0 aliphatic carbocycles. The molecule has 22 heavy (non-hydrogen) atoms. The highest BCUT2D eigenvalue weighted by Crippen LogP contribution is 2.30. The molecule has 1 aliphatic rings. The van der Waals surface area contributed by atoms with Crippen LogP contribution in [0.1, 0.15) is 84.0 Å². The van der Waals surface area contributed by atoms with Crippen molar-refractivity contribution in [2.75, 3.05) is 0 Å². The minimum absolute atomic E-state index is 0.508. The summed E-state index contributed by atoms with van der Waals surface area (Å²) in [6.07, 6.45) is 27.5. The third kappa shape index (κ3) is 10.8. The molecule has 1 nitrogen and oxygen atoms in total. The van der Waals surface area contributed by atoms with Crippen molar-refractivity contribution in [3.63, 3.8) is 0 Å². The van der Waals surface area contributed by atoms with Crippen molar-refractivity contribution in [2.24, 2.45) is 0 Å². The highest BCUT2D eigenvalue weighted by molar-refractivity contribution is 5.02. The number of epoxide rings is 1. The SMILES string of the molecule is C=CC=CCC=CC[C@H]1O[C@H]1CCCCCCCCCCC. The zero-order chi connectivity index (χ0) is 15.9. The average Bonchev–Trinajstić information content (AvgIpc) is 3.27. The molecule has 0 spiro atoms. The largest absolute Gasteiger partial charge is 0.369 e. The van der Waals surface area contributed by atoms with Crippen LogP contribution in [0.3, 0.4) is 0 Å². The van der Waals surface area contributed by atoms with Crippen LogP contribution >= 0.6 is 0 Å². The van der Waals surface area contributed by atoms with Crippen LogP contribution in [-0.2, 0) is 4.74 Å². The van der Waals surface area contributed by atoms with Crippen molar-refractivity contribution in [2.45, 2.75) is 96.2 Å². The smallest absolute Gasteiger partial charge is 0.0876 e. The van der Waals surface area contributed by atoms with E-state index >= 15 is 0 Å². The first-order valence-corrected chi connectivity index (χ1v) is 9.46. The molecule has 1 aliphatic heterocycles. The number of rotatable bonds is 15. The van der Waals surface area contributed by atoms with Crippen molar-refractivity contribution in [1.29, 1.82) is 0 Å². The molecule has 0 bridgehead atoms. The Morgan fingerprint density at radius 1 is 0.818 bits per heavy atom. The number of hydrogen-bond donors (Lipinski definition) is 0. The van der Waals surface area contributed by atoms with Crippen LogP contribution in [0.2, 0.25) is 0 Å². The van der Waals surface area contributed by atoms with Crippen molar-refractivity contribution < 1.29 is 4.74 Å². The molecular formula is C21H36O. The second kappa shape index (κ2) is 13.8. The van der Waals surface area contributed by atoms with E-state index < -0.39 is 0 Å². The maximum Gasteiger partial charge on any atom is 0.0876 e. The topological polar surface area (TPSA) is 12.5 Å². The van der Waals surface area contributed by atoms with E-state index in [1.165, 1.54) is 64.2 Å². The van der Waals surface area contributed by atoms with Gasteiger partial charge < -0.3 is 4.74 Å². The van der Waals surface area contributed by atoms with Crippen LogP contribution in [0.5, 0.6) is 0 Å². The minimum atomic E-state index is 0.508. The van der Waals surface area contributed by atoms with Crippen LogP contribution in [0.4, 0.5) is 0 Å². The van der Waals surface area contributed by atoms with Gasteiger partial charge in [-0.25, -0.2) is 0 Å². The monoisotopic (exact) mass is 304 g/mol. The lowest BCUT2D eigenvalue weighted by atomic mass is 10.0. The Labute approximate surface area is 138 Å². The first-order chi connectivity index (χ1) is 10.9. The Morgan fingerprint density at radius 2 is 1.50 bits per heavy atom. The molecule has 1 fully saturated rings. The quantitative estimate of drug-likeness (QED) is 0.141. The maximum atomic E-state index is 5.73. The predicted molar refractivity (Wildman–Crippen MR) is 98.2 cm³/mol. The fourth-order valence-corrected chi connectivity index (χ4v) is 2.88. The van der Waals surface area contributed by atoms with E-state index in [0.717, 1.165) is 12.8 Å². The van der Waals surface area contributed by atoms with Crippen molar-refractivity contribution >= 4 is 0 Å². The molecule has 0 saturated carbocycles. The van der Waals surface area contributed by atoms with Gasteiger partial charge in [0.15, 0.2) is 0 Å². The van der Waals surface area contributed by atoms with Gasteiger partial charge in [-0.1, -0.05) is 102 Å². The van der Waals surface area contributed by atoms with Gasteiger partial charge in [0.1, 0.15) is 0 Å². The van der Waals surface area contributed by atoms with Gasteiger partial charge in [0, 0.05) is 0 Å². The number of hydrogen-bond acceptors (Lipinski definition) is 1. The van der Waals surface area contributed by atoms with Crippen molar-refractivity contribution in [3.05, 3.63) is 37.0 Å². The summed E-state index contributed by atoms with van der Waals surface area (Å²) in [5, 5.41) is 0. The molecule has 1 heterocycles. The lowest BCUT2D eigenvalue weighted by Crippen LogP contribution is -1.93. The molecular weight excluding hydrogens is 268 g/mol. The van der Waals surface area contributed by atoms with E-state index in [0.29, 0.717) is 12.2 Å². The molecule has 1 saturated heterocycles. The summed E-state index contributed by atoms with van der Waals surface area (Å²) < 4.78 is 5.73. The van der Waals surface area contributed by atoms with E-state index in [4.69, 9.17) is 4.74 Å². The first-order valence-electron chi connectivity index (χ1n) is 9.46. The lowest BCUT2D eigenvalue weighted by molar-refractivity contribution is 0.358. The highest BCUT2D eigenvalue weighted by atomic mass is 16.6. The van der Waals surface area contributed by atoms with E-state index in [9.17, 15) is 0 Å².